The Balaban J connectivity index is 1.58. The third kappa shape index (κ3) is 4.72. The van der Waals surface area contributed by atoms with Gasteiger partial charge in [-0.1, -0.05) is 24.3 Å². The summed E-state index contributed by atoms with van der Waals surface area (Å²) in [4.78, 5) is 38.2. The number of hydrogen-bond donors (Lipinski definition) is 4. The van der Waals surface area contributed by atoms with E-state index < -0.39 is 11.8 Å². The molecule has 0 aliphatic carbocycles. The van der Waals surface area contributed by atoms with E-state index in [0.717, 1.165) is 16.5 Å². The Kier molecular flexibility index (Phi) is 5.51. The summed E-state index contributed by atoms with van der Waals surface area (Å²) in [5, 5.41) is 6.31. The van der Waals surface area contributed by atoms with E-state index in [1.807, 2.05) is 30.5 Å². The molecule has 2 aromatic carbocycles. The second-order valence-electron chi connectivity index (χ2n) is 6.14. The molecule has 5 N–H and O–H groups in total. The average molecular weight is 364 g/mol. The minimum Gasteiger partial charge on any atom is -0.368 e. The van der Waals surface area contributed by atoms with Gasteiger partial charge < -0.3 is 21.4 Å². The highest BCUT2D eigenvalue weighted by molar-refractivity contribution is 5.98. The summed E-state index contributed by atoms with van der Waals surface area (Å²) in [6, 6.07) is 14.5. The number of primary amides is 1. The zero-order valence-corrected chi connectivity index (χ0v) is 14.6. The third-order valence-electron chi connectivity index (χ3n) is 4.13. The first kappa shape index (κ1) is 18.2. The molecule has 0 fully saturated rings. The Labute approximate surface area is 155 Å². The van der Waals surface area contributed by atoms with Crippen molar-refractivity contribution in [3.8, 4) is 0 Å². The molecule has 0 saturated carbocycles. The van der Waals surface area contributed by atoms with Gasteiger partial charge in [0.25, 0.3) is 5.91 Å². The lowest BCUT2D eigenvalue weighted by molar-refractivity contribution is -0.117. The molecule has 7 nitrogen and oxygen atoms in total. The van der Waals surface area contributed by atoms with Crippen LogP contribution in [0.3, 0.4) is 0 Å². The van der Waals surface area contributed by atoms with E-state index >= 15 is 0 Å². The lowest BCUT2D eigenvalue weighted by Gasteiger charge is -2.08. The van der Waals surface area contributed by atoms with Crippen LogP contribution in [0.1, 0.15) is 22.3 Å². The molecule has 138 valence electrons. The maximum absolute atomic E-state index is 12.3. The molecule has 3 rings (SSSR count). The highest BCUT2D eigenvalue weighted by Gasteiger charge is 2.10. The Morgan fingerprint density at radius 1 is 1.04 bits per heavy atom. The van der Waals surface area contributed by atoms with Crippen molar-refractivity contribution < 1.29 is 14.4 Å². The van der Waals surface area contributed by atoms with Crippen molar-refractivity contribution in [3.05, 3.63) is 65.9 Å². The van der Waals surface area contributed by atoms with Crippen LogP contribution in [0, 0.1) is 0 Å². The molecule has 0 bridgehead atoms. The fraction of sp³-hybridized carbons (Fsp3) is 0.150. The van der Waals surface area contributed by atoms with Gasteiger partial charge in [0.15, 0.2) is 0 Å². The van der Waals surface area contributed by atoms with Crippen molar-refractivity contribution in [2.75, 3.05) is 11.9 Å². The lowest BCUT2D eigenvalue weighted by atomic mass is 10.1. The number of fused-ring (bicyclic) bond motifs is 1. The van der Waals surface area contributed by atoms with E-state index in [4.69, 9.17) is 5.73 Å². The number of nitrogens with two attached hydrogens (primary N) is 1. The summed E-state index contributed by atoms with van der Waals surface area (Å²) in [7, 11) is 0. The number of nitrogens with one attached hydrogen (secondary N) is 3. The molecule has 7 heteroatoms. The standard InChI is InChI=1S/C20H20N4O3/c21-18(25)12-23-20(27)13-4-3-5-15(10-13)24-19(26)9-8-14-11-22-17-7-2-1-6-16(14)17/h1-7,10-11,22H,8-9,12H2,(H2,21,25)(H,23,27)(H,24,26). The number of aromatic amines is 1. The van der Waals surface area contributed by atoms with Gasteiger partial charge >= 0.3 is 0 Å². The van der Waals surface area contributed by atoms with Gasteiger partial charge in [0.1, 0.15) is 0 Å². The van der Waals surface area contributed by atoms with Crippen molar-refractivity contribution in [3.63, 3.8) is 0 Å². The summed E-state index contributed by atoms with van der Waals surface area (Å²) in [6.07, 6.45) is 2.84. The smallest absolute Gasteiger partial charge is 0.251 e. The number of aromatic nitrogens is 1. The molecule has 0 radical (unpaired) electrons. The van der Waals surface area contributed by atoms with Gasteiger partial charge in [-0.2, -0.15) is 0 Å². The molecule has 0 atom stereocenters. The third-order valence-corrected chi connectivity index (χ3v) is 4.13. The van der Waals surface area contributed by atoms with Crippen LogP contribution in [-0.2, 0) is 16.0 Å². The normalized spacial score (nSPS) is 10.5. The van der Waals surface area contributed by atoms with Crippen molar-refractivity contribution in [2.24, 2.45) is 5.73 Å². The monoisotopic (exact) mass is 364 g/mol. The molecule has 0 saturated heterocycles. The zero-order chi connectivity index (χ0) is 19.2. The Morgan fingerprint density at radius 2 is 1.85 bits per heavy atom. The van der Waals surface area contributed by atoms with E-state index in [0.29, 0.717) is 24.1 Å². The lowest BCUT2D eigenvalue weighted by Crippen LogP contribution is -2.33. The van der Waals surface area contributed by atoms with Gasteiger partial charge in [0, 0.05) is 34.8 Å². The zero-order valence-electron chi connectivity index (χ0n) is 14.6. The predicted molar refractivity (Wildman–Crippen MR) is 103 cm³/mol. The number of carbonyl (C=O) groups excluding carboxylic acids is 3. The maximum atomic E-state index is 12.3. The van der Waals surface area contributed by atoms with Gasteiger partial charge in [0.05, 0.1) is 6.54 Å². The largest absolute Gasteiger partial charge is 0.368 e. The number of carbonyl (C=O) groups is 3. The molecular weight excluding hydrogens is 344 g/mol. The Morgan fingerprint density at radius 3 is 2.67 bits per heavy atom. The van der Waals surface area contributed by atoms with Crippen LogP contribution in [0.5, 0.6) is 0 Å². The van der Waals surface area contributed by atoms with E-state index in [-0.39, 0.29) is 12.5 Å². The number of hydrogen-bond acceptors (Lipinski definition) is 3. The molecule has 1 heterocycles. The summed E-state index contributed by atoms with van der Waals surface area (Å²) in [5.41, 5.74) is 8.00. The van der Waals surface area contributed by atoms with E-state index in [1.165, 1.54) is 0 Å². The second kappa shape index (κ2) is 8.18. The first-order valence-electron chi connectivity index (χ1n) is 8.54. The number of benzene rings is 2. The summed E-state index contributed by atoms with van der Waals surface area (Å²) in [6.45, 7) is -0.236. The van der Waals surface area contributed by atoms with Crippen molar-refractivity contribution in [1.82, 2.24) is 10.3 Å². The number of amides is 3. The van der Waals surface area contributed by atoms with Gasteiger partial charge in [-0.05, 0) is 36.2 Å². The molecule has 1 aromatic heterocycles. The van der Waals surface area contributed by atoms with Crippen LogP contribution in [0.25, 0.3) is 10.9 Å². The number of H-pyrrole nitrogens is 1. The topological polar surface area (TPSA) is 117 Å². The quantitative estimate of drug-likeness (QED) is 0.513. The SMILES string of the molecule is NC(=O)CNC(=O)c1cccc(NC(=O)CCc2c[nH]c3ccccc23)c1. The van der Waals surface area contributed by atoms with Gasteiger partial charge in [-0.25, -0.2) is 0 Å². The van der Waals surface area contributed by atoms with Crippen molar-refractivity contribution in [2.45, 2.75) is 12.8 Å². The van der Waals surface area contributed by atoms with Crippen LogP contribution >= 0.6 is 0 Å². The molecule has 27 heavy (non-hydrogen) atoms. The number of anilines is 1. The first-order chi connectivity index (χ1) is 13.0. The van der Waals surface area contributed by atoms with Crippen molar-refractivity contribution >= 4 is 34.3 Å². The highest BCUT2D eigenvalue weighted by Crippen LogP contribution is 2.19. The van der Waals surface area contributed by atoms with Crippen LogP contribution in [-0.4, -0.2) is 29.3 Å². The summed E-state index contributed by atoms with van der Waals surface area (Å²) < 4.78 is 0. The second-order valence-corrected chi connectivity index (χ2v) is 6.14. The molecule has 3 aromatic rings. The molecule has 0 aliphatic rings. The number of rotatable bonds is 7. The van der Waals surface area contributed by atoms with Gasteiger partial charge in [-0.3, -0.25) is 14.4 Å². The predicted octanol–water partition coefficient (Wildman–Crippen LogP) is 1.95. The molecule has 3 amide bonds. The van der Waals surface area contributed by atoms with Gasteiger partial charge in [0.2, 0.25) is 11.8 Å². The number of aryl methyl sites for hydroxylation is 1. The molecule has 0 unspecified atom stereocenters. The maximum Gasteiger partial charge on any atom is 0.251 e. The summed E-state index contributed by atoms with van der Waals surface area (Å²) >= 11 is 0. The van der Waals surface area contributed by atoms with Crippen molar-refractivity contribution in [1.29, 1.82) is 0 Å². The minimum atomic E-state index is -0.620. The first-order valence-corrected chi connectivity index (χ1v) is 8.54. The van der Waals surface area contributed by atoms with E-state index in [9.17, 15) is 14.4 Å². The molecular formula is C20H20N4O3. The molecule has 0 spiro atoms. The highest BCUT2D eigenvalue weighted by atomic mass is 16.2. The number of para-hydroxylation sites is 1. The summed E-state index contributed by atoms with van der Waals surface area (Å²) in [5.74, 6) is -1.19. The average Bonchev–Trinajstić information content (AvgIpc) is 3.08. The Hall–Kier alpha value is -3.61. The van der Waals surface area contributed by atoms with Crippen LogP contribution < -0.4 is 16.4 Å². The van der Waals surface area contributed by atoms with Crippen LogP contribution in [0.4, 0.5) is 5.69 Å². The van der Waals surface area contributed by atoms with Crippen LogP contribution in [0.2, 0.25) is 0 Å². The molecule has 0 aliphatic heterocycles. The fourth-order valence-corrected chi connectivity index (χ4v) is 2.82. The van der Waals surface area contributed by atoms with Gasteiger partial charge in [-0.15, -0.1) is 0 Å². The Bertz CT molecular complexity index is 994. The fourth-order valence-electron chi connectivity index (χ4n) is 2.82. The minimum absolute atomic E-state index is 0.144. The van der Waals surface area contributed by atoms with Crippen LogP contribution in [0.15, 0.2) is 54.7 Å². The van der Waals surface area contributed by atoms with E-state index in [1.54, 1.807) is 24.3 Å². The van der Waals surface area contributed by atoms with E-state index in [2.05, 4.69) is 15.6 Å².